The molecular weight excluding hydrogens is 224 g/mol. The van der Waals surface area contributed by atoms with E-state index in [0.29, 0.717) is 6.04 Å². The van der Waals surface area contributed by atoms with Gasteiger partial charge in [-0.1, -0.05) is 18.2 Å². The van der Waals surface area contributed by atoms with Gasteiger partial charge in [-0.05, 0) is 32.5 Å². The van der Waals surface area contributed by atoms with Crippen LogP contribution < -0.4 is 5.32 Å². The van der Waals surface area contributed by atoms with Gasteiger partial charge in [0.15, 0.2) is 0 Å². The van der Waals surface area contributed by atoms with E-state index in [4.69, 9.17) is 4.42 Å². The van der Waals surface area contributed by atoms with Gasteiger partial charge < -0.3 is 9.73 Å². The number of nitrogens with one attached hydrogen (secondary N) is 1. The first-order chi connectivity index (χ1) is 8.88. The Kier molecular flexibility index (Phi) is 3.35. The van der Waals surface area contributed by atoms with Crippen molar-refractivity contribution >= 4 is 11.0 Å². The molecule has 96 valence electrons. The lowest BCUT2D eigenvalue weighted by Gasteiger charge is -2.23. The Hall–Kier alpha value is -1.32. The van der Waals surface area contributed by atoms with Gasteiger partial charge >= 0.3 is 0 Å². The third kappa shape index (κ3) is 2.16. The van der Waals surface area contributed by atoms with Gasteiger partial charge in [0.05, 0.1) is 6.26 Å². The van der Waals surface area contributed by atoms with Crippen molar-refractivity contribution in [3.05, 3.63) is 36.1 Å². The van der Waals surface area contributed by atoms with E-state index in [1.807, 2.05) is 25.4 Å². The molecule has 0 aliphatic carbocycles. The van der Waals surface area contributed by atoms with Crippen LogP contribution in [0.4, 0.5) is 0 Å². The van der Waals surface area contributed by atoms with Crippen LogP contribution in [0.2, 0.25) is 0 Å². The summed E-state index contributed by atoms with van der Waals surface area (Å²) in [5.41, 5.74) is 2.31. The molecule has 1 saturated heterocycles. The predicted molar refractivity (Wildman–Crippen MR) is 73.6 cm³/mol. The van der Waals surface area contributed by atoms with Crippen LogP contribution in [0, 0.1) is 0 Å². The first kappa shape index (κ1) is 11.8. The van der Waals surface area contributed by atoms with E-state index < -0.39 is 0 Å². The second kappa shape index (κ2) is 5.12. The Morgan fingerprint density at radius 2 is 2.28 bits per heavy atom. The van der Waals surface area contributed by atoms with Crippen molar-refractivity contribution in [2.24, 2.45) is 0 Å². The number of nitrogens with zero attached hydrogens (tertiary/aromatic N) is 1. The smallest absolute Gasteiger partial charge is 0.134 e. The molecular formula is C15H20N2O. The number of para-hydroxylation sites is 1. The first-order valence-electron chi connectivity index (χ1n) is 6.72. The number of benzene rings is 1. The zero-order chi connectivity index (χ0) is 12.4. The molecule has 0 bridgehead atoms. The van der Waals surface area contributed by atoms with Gasteiger partial charge in [0.25, 0.3) is 0 Å². The topological polar surface area (TPSA) is 28.4 Å². The standard InChI is InChI=1S/C15H20N2O/c1-16-9-13-5-4-8-17(13)10-12-11-18-15-7-3-2-6-14(12)15/h2-3,6-7,11,13,16H,4-5,8-10H2,1H3. The Labute approximate surface area is 108 Å². The molecule has 1 unspecified atom stereocenters. The lowest BCUT2D eigenvalue weighted by molar-refractivity contribution is 0.242. The van der Waals surface area contributed by atoms with Crippen molar-refractivity contribution in [2.75, 3.05) is 20.1 Å². The predicted octanol–water partition coefficient (Wildman–Crippen LogP) is 2.62. The Morgan fingerprint density at radius 1 is 1.39 bits per heavy atom. The zero-order valence-electron chi connectivity index (χ0n) is 10.9. The van der Waals surface area contributed by atoms with Crippen LogP contribution in [0.25, 0.3) is 11.0 Å². The molecule has 1 aliphatic rings. The van der Waals surface area contributed by atoms with Gasteiger partial charge in [-0.25, -0.2) is 0 Å². The molecule has 0 radical (unpaired) electrons. The Bertz CT molecular complexity index is 520. The summed E-state index contributed by atoms with van der Waals surface area (Å²) in [6, 6.07) is 8.96. The molecule has 0 saturated carbocycles. The number of fused-ring (bicyclic) bond motifs is 1. The first-order valence-corrected chi connectivity index (χ1v) is 6.72. The largest absolute Gasteiger partial charge is 0.464 e. The monoisotopic (exact) mass is 244 g/mol. The average molecular weight is 244 g/mol. The molecule has 1 aromatic heterocycles. The quantitative estimate of drug-likeness (QED) is 0.896. The van der Waals surface area contributed by atoms with E-state index in [1.165, 1.54) is 30.3 Å². The highest BCUT2D eigenvalue weighted by molar-refractivity contribution is 5.80. The third-order valence-electron chi connectivity index (χ3n) is 3.87. The maximum absolute atomic E-state index is 5.61. The van der Waals surface area contributed by atoms with Crippen LogP contribution in [-0.4, -0.2) is 31.1 Å². The molecule has 3 nitrogen and oxygen atoms in total. The van der Waals surface area contributed by atoms with Crippen LogP contribution in [0.1, 0.15) is 18.4 Å². The van der Waals surface area contributed by atoms with Crippen molar-refractivity contribution in [3.8, 4) is 0 Å². The van der Waals surface area contributed by atoms with Gasteiger partial charge in [0.2, 0.25) is 0 Å². The minimum atomic E-state index is 0.670. The van der Waals surface area contributed by atoms with E-state index in [1.54, 1.807) is 0 Å². The third-order valence-corrected chi connectivity index (χ3v) is 3.87. The number of likely N-dealkylation sites (tertiary alicyclic amines) is 1. The summed E-state index contributed by atoms with van der Waals surface area (Å²) in [5.74, 6) is 0. The van der Waals surface area contributed by atoms with Gasteiger partial charge in [0.1, 0.15) is 5.58 Å². The molecule has 0 amide bonds. The molecule has 2 aromatic rings. The van der Waals surface area contributed by atoms with Crippen molar-refractivity contribution in [3.63, 3.8) is 0 Å². The highest BCUT2D eigenvalue weighted by Gasteiger charge is 2.24. The molecule has 2 heterocycles. The minimum Gasteiger partial charge on any atom is -0.464 e. The maximum Gasteiger partial charge on any atom is 0.134 e. The lowest BCUT2D eigenvalue weighted by Crippen LogP contribution is -2.36. The average Bonchev–Trinajstić information content (AvgIpc) is 2.99. The summed E-state index contributed by atoms with van der Waals surface area (Å²) in [4.78, 5) is 2.56. The lowest BCUT2D eigenvalue weighted by atomic mass is 10.1. The number of furan rings is 1. The van der Waals surface area contributed by atoms with Crippen molar-refractivity contribution < 1.29 is 4.42 Å². The molecule has 1 N–H and O–H groups in total. The summed E-state index contributed by atoms with van der Waals surface area (Å²) < 4.78 is 5.61. The Morgan fingerprint density at radius 3 is 3.17 bits per heavy atom. The highest BCUT2D eigenvalue weighted by Crippen LogP contribution is 2.25. The van der Waals surface area contributed by atoms with Crippen LogP contribution in [0.15, 0.2) is 34.9 Å². The van der Waals surface area contributed by atoms with E-state index in [2.05, 4.69) is 22.3 Å². The number of hydrogen-bond donors (Lipinski definition) is 1. The minimum absolute atomic E-state index is 0.670. The zero-order valence-corrected chi connectivity index (χ0v) is 10.9. The maximum atomic E-state index is 5.61. The fraction of sp³-hybridized carbons (Fsp3) is 0.467. The van der Waals surface area contributed by atoms with Crippen LogP contribution in [0.5, 0.6) is 0 Å². The second-order valence-corrected chi connectivity index (χ2v) is 5.08. The number of rotatable bonds is 4. The summed E-state index contributed by atoms with van der Waals surface area (Å²) in [6.07, 6.45) is 4.53. The van der Waals surface area contributed by atoms with E-state index in [0.717, 1.165) is 18.7 Å². The Balaban J connectivity index is 1.79. The fourth-order valence-corrected chi connectivity index (χ4v) is 2.94. The molecule has 18 heavy (non-hydrogen) atoms. The number of hydrogen-bond acceptors (Lipinski definition) is 3. The molecule has 3 rings (SSSR count). The van der Waals surface area contributed by atoms with Crippen molar-refractivity contribution in [1.29, 1.82) is 0 Å². The van der Waals surface area contributed by atoms with Crippen LogP contribution in [0.3, 0.4) is 0 Å². The van der Waals surface area contributed by atoms with Gasteiger partial charge in [-0.15, -0.1) is 0 Å². The van der Waals surface area contributed by atoms with Gasteiger partial charge in [-0.3, -0.25) is 4.90 Å². The normalized spacial score (nSPS) is 20.8. The summed E-state index contributed by atoms with van der Waals surface area (Å²) in [7, 11) is 2.03. The van der Waals surface area contributed by atoms with E-state index in [-0.39, 0.29) is 0 Å². The molecule has 3 heteroatoms. The van der Waals surface area contributed by atoms with Crippen LogP contribution >= 0.6 is 0 Å². The van der Waals surface area contributed by atoms with Gasteiger partial charge in [0, 0.05) is 30.1 Å². The summed E-state index contributed by atoms with van der Waals surface area (Å²) >= 11 is 0. The van der Waals surface area contributed by atoms with Crippen molar-refractivity contribution in [2.45, 2.75) is 25.4 Å². The second-order valence-electron chi connectivity index (χ2n) is 5.08. The summed E-state index contributed by atoms with van der Waals surface area (Å²) in [5, 5.41) is 4.55. The highest BCUT2D eigenvalue weighted by atomic mass is 16.3. The van der Waals surface area contributed by atoms with Crippen molar-refractivity contribution in [1.82, 2.24) is 10.2 Å². The van der Waals surface area contributed by atoms with E-state index in [9.17, 15) is 0 Å². The summed E-state index contributed by atoms with van der Waals surface area (Å²) in [6.45, 7) is 3.28. The van der Waals surface area contributed by atoms with Gasteiger partial charge in [-0.2, -0.15) is 0 Å². The van der Waals surface area contributed by atoms with Crippen LogP contribution in [-0.2, 0) is 6.54 Å². The number of likely N-dealkylation sites (N-methyl/N-ethyl adjacent to an activating group) is 1. The fourth-order valence-electron chi connectivity index (χ4n) is 2.94. The molecule has 0 spiro atoms. The molecule has 1 aromatic carbocycles. The molecule has 1 atom stereocenters. The SMILES string of the molecule is CNCC1CCCN1Cc1coc2ccccc12. The van der Waals surface area contributed by atoms with E-state index >= 15 is 0 Å². The molecule has 1 fully saturated rings. The molecule has 1 aliphatic heterocycles.